The van der Waals surface area contributed by atoms with E-state index in [0.717, 1.165) is 11.5 Å². The first-order valence-electron chi connectivity index (χ1n) is 9.40. The number of thioether (sulfide) groups is 1. The van der Waals surface area contributed by atoms with E-state index >= 15 is 0 Å². The van der Waals surface area contributed by atoms with Crippen LogP contribution in [0.15, 0.2) is 42.5 Å². The van der Waals surface area contributed by atoms with E-state index in [4.69, 9.17) is 4.74 Å². The van der Waals surface area contributed by atoms with Crippen molar-refractivity contribution >= 4 is 17.7 Å². The van der Waals surface area contributed by atoms with Gasteiger partial charge in [0.2, 0.25) is 0 Å². The molecule has 0 fully saturated rings. The fourth-order valence-corrected chi connectivity index (χ4v) is 3.72. The van der Waals surface area contributed by atoms with Crippen LogP contribution in [-0.2, 0) is 27.1 Å². The monoisotopic (exact) mass is 384 g/mol. The first kappa shape index (κ1) is 21.6. The number of hydrogen-bond donors (Lipinski definition) is 0. The first-order valence-corrected chi connectivity index (χ1v) is 10.6. The van der Waals surface area contributed by atoms with E-state index in [1.54, 1.807) is 0 Å². The zero-order chi connectivity index (χ0) is 20.2. The summed E-state index contributed by atoms with van der Waals surface area (Å²) >= 11 is 1.90. The van der Waals surface area contributed by atoms with Crippen molar-refractivity contribution in [2.24, 2.45) is 0 Å². The number of rotatable bonds is 5. The van der Waals surface area contributed by atoms with Gasteiger partial charge in [-0.3, -0.25) is 0 Å². The number of carbonyl (C=O) groups excluding carboxylic acids is 1. The Hall–Kier alpha value is -1.74. The van der Waals surface area contributed by atoms with Crippen LogP contribution < -0.4 is 0 Å². The van der Waals surface area contributed by atoms with Gasteiger partial charge in [-0.15, -0.1) is 0 Å². The number of carbonyl (C=O) groups is 1. The molecule has 3 heteroatoms. The molecule has 2 nitrogen and oxygen atoms in total. The quantitative estimate of drug-likeness (QED) is 0.550. The molecule has 0 amide bonds. The molecule has 0 radical (unpaired) electrons. The van der Waals surface area contributed by atoms with E-state index in [1.807, 2.05) is 36.0 Å². The van der Waals surface area contributed by atoms with Gasteiger partial charge in [0.05, 0.1) is 12.7 Å². The summed E-state index contributed by atoms with van der Waals surface area (Å²) < 4.78 is 4.75. The van der Waals surface area contributed by atoms with E-state index in [2.05, 4.69) is 59.7 Å². The predicted molar refractivity (Wildman–Crippen MR) is 117 cm³/mol. The molecular weight excluding hydrogens is 352 g/mol. The summed E-state index contributed by atoms with van der Waals surface area (Å²) in [4.78, 5) is 11.5. The van der Waals surface area contributed by atoms with Crippen molar-refractivity contribution in [3.63, 3.8) is 0 Å². The Balaban J connectivity index is 2.10. The van der Waals surface area contributed by atoms with Gasteiger partial charge in [-0.1, -0.05) is 71.9 Å². The summed E-state index contributed by atoms with van der Waals surface area (Å²) in [5, 5.41) is 0. The van der Waals surface area contributed by atoms with Gasteiger partial charge in [0.15, 0.2) is 0 Å². The summed E-state index contributed by atoms with van der Waals surface area (Å²) in [5.74, 6) is 1.61. The molecule has 2 rings (SSSR count). The molecule has 2 aromatic carbocycles. The van der Waals surface area contributed by atoms with Crippen LogP contribution in [0.1, 0.15) is 74.2 Å². The van der Waals surface area contributed by atoms with Crippen LogP contribution in [0.25, 0.3) is 0 Å². The van der Waals surface area contributed by atoms with Crippen LogP contribution in [0.5, 0.6) is 0 Å². The third kappa shape index (κ3) is 6.14. The van der Waals surface area contributed by atoms with Crippen LogP contribution >= 0.6 is 11.8 Å². The van der Waals surface area contributed by atoms with Crippen LogP contribution in [0.4, 0.5) is 0 Å². The predicted octanol–water partition coefficient (Wildman–Crippen LogP) is 6.50. The van der Waals surface area contributed by atoms with E-state index in [-0.39, 0.29) is 16.8 Å². The summed E-state index contributed by atoms with van der Waals surface area (Å²) in [6, 6.07) is 14.7. The number of methoxy groups -OCH3 is 1. The van der Waals surface area contributed by atoms with Crippen LogP contribution in [0, 0.1) is 0 Å². The van der Waals surface area contributed by atoms with Gasteiger partial charge in [0.1, 0.15) is 0 Å². The Bertz CT molecular complexity index is 745. The minimum atomic E-state index is -0.289. The maximum Gasteiger partial charge on any atom is 0.337 e. The van der Waals surface area contributed by atoms with Gasteiger partial charge in [-0.05, 0) is 45.2 Å². The topological polar surface area (TPSA) is 26.3 Å². The SMILES string of the molecule is COC(=O)c1ccc(CSCc2cc(C(C)(C)C)cc(C(C)(C)C)c2)cc1. The van der Waals surface area contributed by atoms with Crippen LogP contribution in [-0.4, -0.2) is 13.1 Å². The molecule has 0 aliphatic rings. The highest BCUT2D eigenvalue weighted by atomic mass is 32.2. The van der Waals surface area contributed by atoms with Gasteiger partial charge >= 0.3 is 5.97 Å². The van der Waals surface area contributed by atoms with Gasteiger partial charge in [0.25, 0.3) is 0 Å². The number of benzene rings is 2. The lowest BCUT2D eigenvalue weighted by molar-refractivity contribution is 0.0600. The van der Waals surface area contributed by atoms with Crippen molar-refractivity contribution in [3.8, 4) is 0 Å². The average molecular weight is 385 g/mol. The zero-order valence-electron chi connectivity index (χ0n) is 17.7. The zero-order valence-corrected chi connectivity index (χ0v) is 18.5. The molecule has 0 saturated carbocycles. The van der Waals surface area contributed by atoms with E-state index in [0.29, 0.717) is 5.56 Å². The molecule has 27 heavy (non-hydrogen) atoms. The van der Waals surface area contributed by atoms with Crippen molar-refractivity contribution in [2.45, 2.75) is 63.9 Å². The number of esters is 1. The summed E-state index contributed by atoms with van der Waals surface area (Å²) in [7, 11) is 1.41. The normalized spacial score (nSPS) is 12.1. The van der Waals surface area contributed by atoms with Gasteiger partial charge in [-0.25, -0.2) is 4.79 Å². The van der Waals surface area contributed by atoms with E-state index in [1.165, 1.54) is 29.4 Å². The number of hydrogen-bond acceptors (Lipinski definition) is 3. The summed E-state index contributed by atoms with van der Waals surface area (Å²) in [6.07, 6.45) is 0. The molecule has 0 heterocycles. The van der Waals surface area contributed by atoms with Crippen molar-refractivity contribution in [1.82, 2.24) is 0 Å². The van der Waals surface area contributed by atoms with E-state index < -0.39 is 0 Å². The fourth-order valence-electron chi connectivity index (χ4n) is 2.78. The Labute approximate surface area is 168 Å². The molecule has 2 aromatic rings. The maximum atomic E-state index is 11.5. The first-order chi connectivity index (χ1) is 12.5. The van der Waals surface area contributed by atoms with Crippen molar-refractivity contribution in [1.29, 1.82) is 0 Å². The molecule has 0 unspecified atom stereocenters. The molecule has 0 N–H and O–H groups in total. The second-order valence-electron chi connectivity index (χ2n) is 9.10. The second kappa shape index (κ2) is 8.52. The molecule has 0 aliphatic carbocycles. The highest BCUT2D eigenvalue weighted by Gasteiger charge is 2.20. The minimum absolute atomic E-state index is 0.143. The smallest absolute Gasteiger partial charge is 0.337 e. The van der Waals surface area contributed by atoms with Gasteiger partial charge < -0.3 is 4.74 Å². The maximum absolute atomic E-state index is 11.5. The second-order valence-corrected chi connectivity index (χ2v) is 10.1. The third-order valence-electron chi connectivity index (χ3n) is 4.64. The lowest BCUT2D eigenvalue weighted by Gasteiger charge is -2.26. The Morgan fingerprint density at radius 3 is 1.74 bits per heavy atom. The highest BCUT2D eigenvalue weighted by molar-refractivity contribution is 7.97. The fraction of sp³-hybridized carbons (Fsp3) is 0.458. The lowest BCUT2D eigenvalue weighted by Crippen LogP contribution is -2.17. The summed E-state index contributed by atoms with van der Waals surface area (Å²) in [6.45, 7) is 13.6. The third-order valence-corrected chi connectivity index (χ3v) is 5.71. The molecule has 146 valence electrons. The van der Waals surface area contributed by atoms with Gasteiger partial charge in [0, 0.05) is 11.5 Å². The molecule has 0 saturated heterocycles. The molecule has 0 aliphatic heterocycles. The summed E-state index contributed by atoms with van der Waals surface area (Å²) in [5.41, 5.74) is 6.27. The number of ether oxygens (including phenoxy) is 1. The van der Waals surface area contributed by atoms with Crippen molar-refractivity contribution < 1.29 is 9.53 Å². The molecule has 0 bridgehead atoms. The van der Waals surface area contributed by atoms with Crippen LogP contribution in [0.2, 0.25) is 0 Å². The van der Waals surface area contributed by atoms with E-state index in [9.17, 15) is 4.79 Å². The minimum Gasteiger partial charge on any atom is -0.465 e. The highest BCUT2D eigenvalue weighted by Crippen LogP contribution is 2.31. The van der Waals surface area contributed by atoms with Crippen molar-refractivity contribution in [2.75, 3.05) is 7.11 Å². The standard InChI is InChI=1S/C24H32O2S/c1-23(2,3)20-12-18(13-21(14-20)24(4,5)6)16-27-15-17-8-10-19(11-9-17)22(25)26-7/h8-14H,15-16H2,1-7H3. The molecule has 0 spiro atoms. The molecule has 0 atom stereocenters. The molecule has 0 aromatic heterocycles. The van der Waals surface area contributed by atoms with Crippen molar-refractivity contribution in [3.05, 3.63) is 70.3 Å². The average Bonchev–Trinajstić information content (AvgIpc) is 2.60. The largest absolute Gasteiger partial charge is 0.465 e. The Morgan fingerprint density at radius 2 is 1.30 bits per heavy atom. The Morgan fingerprint density at radius 1 is 0.815 bits per heavy atom. The van der Waals surface area contributed by atoms with Crippen LogP contribution in [0.3, 0.4) is 0 Å². The molecular formula is C24H32O2S. The van der Waals surface area contributed by atoms with Gasteiger partial charge in [-0.2, -0.15) is 11.8 Å². The Kier molecular flexibility index (Phi) is 6.80. The lowest BCUT2D eigenvalue weighted by atomic mass is 9.80.